The van der Waals surface area contributed by atoms with E-state index in [0.29, 0.717) is 26.2 Å². The maximum atomic E-state index is 12.8. The van der Waals surface area contributed by atoms with Gasteiger partial charge in [0.25, 0.3) is 0 Å². The highest BCUT2D eigenvalue weighted by atomic mass is 19.4. The summed E-state index contributed by atoms with van der Waals surface area (Å²) in [7, 11) is 0. The van der Waals surface area contributed by atoms with Crippen LogP contribution in [0, 0.1) is 18.3 Å². The number of likely N-dealkylation sites (tertiary alicyclic amines) is 1. The molecule has 152 valence electrons. The molecular formula is C21H26F3N3O. The lowest BCUT2D eigenvalue weighted by Gasteiger charge is -2.38. The standard InChI is InChI=1S/C21H26F3N3O/c1-2-9-25-10-7-18(8-11-25)20(28)27-14-12-26(13-15-27)16-17-3-5-19(6-4-17)21(22,23)24/h1,3-6,18H,7-16H2. The number of alkyl halides is 3. The van der Waals surface area contributed by atoms with E-state index in [0.717, 1.165) is 56.7 Å². The predicted octanol–water partition coefficient (Wildman–Crippen LogP) is 2.69. The Bertz CT molecular complexity index is 695. The first-order valence-corrected chi connectivity index (χ1v) is 9.70. The summed E-state index contributed by atoms with van der Waals surface area (Å²) >= 11 is 0. The summed E-state index contributed by atoms with van der Waals surface area (Å²) in [5, 5.41) is 0. The lowest BCUT2D eigenvalue weighted by atomic mass is 9.95. The molecule has 0 aliphatic carbocycles. The van der Waals surface area contributed by atoms with Gasteiger partial charge in [-0.15, -0.1) is 6.42 Å². The normalized spacial score (nSPS) is 20.1. The largest absolute Gasteiger partial charge is 0.416 e. The average Bonchev–Trinajstić information content (AvgIpc) is 2.69. The molecule has 0 unspecified atom stereocenters. The van der Waals surface area contributed by atoms with Gasteiger partial charge in [0.15, 0.2) is 0 Å². The molecule has 1 amide bonds. The first-order valence-electron chi connectivity index (χ1n) is 9.70. The van der Waals surface area contributed by atoms with Crippen LogP contribution in [0.4, 0.5) is 13.2 Å². The van der Waals surface area contributed by atoms with Crippen molar-refractivity contribution in [1.29, 1.82) is 0 Å². The predicted molar refractivity (Wildman–Crippen MR) is 101 cm³/mol. The summed E-state index contributed by atoms with van der Waals surface area (Å²) in [4.78, 5) is 19.1. The Morgan fingerprint density at radius 3 is 2.14 bits per heavy atom. The number of piperazine rings is 1. The quantitative estimate of drug-likeness (QED) is 0.736. The van der Waals surface area contributed by atoms with Gasteiger partial charge in [-0.1, -0.05) is 18.1 Å². The van der Waals surface area contributed by atoms with Crippen LogP contribution in [-0.4, -0.2) is 66.4 Å². The molecule has 3 rings (SSSR count). The highest BCUT2D eigenvalue weighted by Crippen LogP contribution is 2.29. The van der Waals surface area contributed by atoms with E-state index in [4.69, 9.17) is 6.42 Å². The summed E-state index contributed by atoms with van der Waals surface area (Å²) in [6.07, 6.45) is 2.75. The Morgan fingerprint density at radius 2 is 1.61 bits per heavy atom. The summed E-state index contributed by atoms with van der Waals surface area (Å²) in [5.74, 6) is 2.96. The molecule has 2 saturated heterocycles. The van der Waals surface area contributed by atoms with Crippen molar-refractivity contribution in [3.05, 3.63) is 35.4 Å². The molecule has 1 aromatic carbocycles. The van der Waals surface area contributed by atoms with Crippen molar-refractivity contribution >= 4 is 5.91 Å². The third kappa shape index (κ3) is 5.27. The second-order valence-electron chi connectivity index (χ2n) is 7.55. The summed E-state index contributed by atoms with van der Waals surface area (Å²) in [6, 6.07) is 5.32. The Morgan fingerprint density at radius 1 is 1.00 bits per heavy atom. The second-order valence-corrected chi connectivity index (χ2v) is 7.55. The number of nitrogens with zero attached hydrogens (tertiary/aromatic N) is 3. The maximum absolute atomic E-state index is 12.8. The van der Waals surface area contributed by atoms with Gasteiger partial charge in [0.05, 0.1) is 12.1 Å². The fraction of sp³-hybridized carbons (Fsp3) is 0.571. The van der Waals surface area contributed by atoms with Gasteiger partial charge in [-0.3, -0.25) is 14.6 Å². The van der Waals surface area contributed by atoms with Crippen LogP contribution < -0.4 is 0 Å². The van der Waals surface area contributed by atoms with Crippen molar-refractivity contribution in [3.63, 3.8) is 0 Å². The van der Waals surface area contributed by atoms with Crippen LogP contribution in [0.3, 0.4) is 0 Å². The number of terminal acetylenes is 1. The number of rotatable bonds is 4. The minimum atomic E-state index is -4.30. The Kier molecular flexibility index (Phi) is 6.63. The number of piperidine rings is 1. The molecule has 0 radical (unpaired) electrons. The molecule has 0 aromatic heterocycles. The third-order valence-corrected chi connectivity index (χ3v) is 5.62. The molecule has 0 atom stereocenters. The van der Waals surface area contributed by atoms with Crippen molar-refractivity contribution in [2.45, 2.75) is 25.6 Å². The third-order valence-electron chi connectivity index (χ3n) is 5.62. The maximum Gasteiger partial charge on any atom is 0.416 e. The fourth-order valence-electron chi connectivity index (χ4n) is 3.91. The van der Waals surface area contributed by atoms with E-state index >= 15 is 0 Å². The van der Waals surface area contributed by atoms with Crippen LogP contribution in [0.5, 0.6) is 0 Å². The zero-order chi connectivity index (χ0) is 20.1. The number of hydrogen-bond acceptors (Lipinski definition) is 3. The zero-order valence-corrected chi connectivity index (χ0v) is 15.9. The molecule has 2 heterocycles. The van der Waals surface area contributed by atoms with E-state index in [-0.39, 0.29) is 11.8 Å². The van der Waals surface area contributed by atoms with Crippen molar-refractivity contribution in [3.8, 4) is 12.3 Å². The Hall–Kier alpha value is -2.04. The summed E-state index contributed by atoms with van der Waals surface area (Å²) in [6.45, 7) is 5.80. The SMILES string of the molecule is C#CCN1CCC(C(=O)N2CCN(Cc3ccc(C(F)(F)F)cc3)CC2)CC1. The number of benzene rings is 1. The molecule has 0 saturated carbocycles. The molecule has 2 fully saturated rings. The van der Waals surface area contributed by atoms with Crippen LogP contribution in [-0.2, 0) is 17.5 Å². The van der Waals surface area contributed by atoms with Crippen LogP contribution >= 0.6 is 0 Å². The van der Waals surface area contributed by atoms with Gasteiger partial charge >= 0.3 is 6.18 Å². The summed E-state index contributed by atoms with van der Waals surface area (Å²) < 4.78 is 38.0. The molecule has 0 bridgehead atoms. The lowest BCUT2D eigenvalue weighted by Crippen LogP contribution is -2.51. The van der Waals surface area contributed by atoms with Gasteiger partial charge in [0.2, 0.25) is 5.91 Å². The van der Waals surface area contributed by atoms with Crippen molar-refractivity contribution in [1.82, 2.24) is 14.7 Å². The molecule has 28 heavy (non-hydrogen) atoms. The van der Waals surface area contributed by atoms with Gasteiger partial charge < -0.3 is 4.90 Å². The highest BCUT2D eigenvalue weighted by molar-refractivity contribution is 5.79. The number of carbonyl (C=O) groups is 1. The Balaban J connectivity index is 1.44. The van der Waals surface area contributed by atoms with Gasteiger partial charge in [0.1, 0.15) is 0 Å². The average molecular weight is 393 g/mol. The van der Waals surface area contributed by atoms with Crippen LogP contribution in [0.1, 0.15) is 24.0 Å². The van der Waals surface area contributed by atoms with Crippen LogP contribution in [0.25, 0.3) is 0 Å². The molecule has 4 nitrogen and oxygen atoms in total. The van der Waals surface area contributed by atoms with Gasteiger partial charge in [0, 0.05) is 38.6 Å². The molecular weight excluding hydrogens is 367 g/mol. The van der Waals surface area contributed by atoms with E-state index < -0.39 is 11.7 Å². The molecule has 0 N–H and O–H groups in total. The molecule has 0 spiro atoms. The van der Waals surface area contributed by atoms with Crippen molar-refractivity contribution < 1.29 is 18.0 Å². The molecule has 1 aromatic rings. The molecule has 2 aliphatic rings. The van der Waals surface area contributed by atoms with E-state index in [1.165, 1.54) is 12.1 Å². The summed E-state index contributed by atoms with van der Waals surface area (Å²) in [5.41, 5.74) is 0.230. The zero-order valence-electron chi connectivity index (χ0n) is 15.9. The molecule has 2 aliphatic heterocycles. The first kappa shape index (κ1) is 20.7. The van der Waals surface area contributed by atoms with E-state index in [1.807, 2.05) is 4.90 Å². The van der Waals surface area contributed by atoms with Crippen LogP contribution in [0.15, 0.2) is 24.3 Å². The van der Waals surface area contributed by atoms with Gasteiger partial charge in [-0.25, -0.2) is 0 Å². The lowest BCUT2D eigenvalue weighted by molar-refractivity contribution is -0.139. The number of carbonyl (C=O) groups excluding carboxylic acids is 1. The van der Waals surface area contributed by atoms with Crippen molar-refractivity contribution in [2.24, 2.45) is 5.92 Å². The number of amides is 1. The van der Waals surface area contributed by atoms with E-state index in [1.54, 1.807) is 0 Å². The monoisotopic (exact) mass is 393 g/mol. The van der Waals surface area contributed by atoms with Gasteiger partial charge in [-0.05, 0) is 43.6 Å². The van der Waals surface area contributed by atoms with E-state index in [9.17, 15) is 18.0 Å². The second kappa shape index (κ2) is 8.97. The minimum Gasteiger partial charge on any atom is -0.340 e. The minimum absolute atomic E-state index is 0.0792. The molecule has 7 heteroatoms. The topological polar surface area (TPSA) is 26.8 Å². The Labute approximate surface area is 164 Å². The van der Waals surface area contributed by atoms with Gasteiger partial charge in [-0.2, -0.15) is 13.2 Å². The van der Waals surface area contributed by atoms with Crippen LogP contribution in [0.2, 0.25) is 0 Å². The number of hydrogen-bond donors (Lipinski definition) is 0. The smallest absolute Gasteiger partial charge is 0.340 e. The fourth-order valence-corrected chi connectivity index (χ4v) is 3.91. The first-order chi connectivity index (χ1) is 13.4. The number of halogens is 3. The highest BCUT2D eigenvalue weighted by Gasteiger charge is 2.31. The van der Waals surface area contributed by atoms with E-state index in [2.05, 4.69) is 15.7 Å². The van der Waals surface area contributed by atoms with Crippen molar-refractivity contribution in [2.75, 3.05) is 45.8 Å².